The molecule has 3 heteroatoms. The molecule has 368 valence electrons. The van der Waals surface area contributed by atoms with Crippen LogP contribution in [-0.4, -0.2) is 18.0 Å². The number of aryl methyl sites for hydroxylation is 4. The van der Waals surface area contributed by atoms with Crippen LogP contribution in [0.3, 0.4) is 0 Å². The molecule has 16 rings (SSSR count). The zero-order chi connectivity index (χ0) is 52.6. The number of hydrogen-bond donors (Lipinski definition) is 0. The molecule has 0 atom stereocenters. The van der Waals surface area contributed by atoms with Crippen LogP contribution in [-0.2, 0) is 0 Å². The van der Waals surface area contributed by atoms with E-state index in [0.29, 0.717) is 0 Å². The Labute approximate surface area is 462 Å². The molecule has 0 spiro atoms. The maximum atomic E-state index is 2.80. The number of hydrogen-bond acceptors (Lipinski definition) is 0. The lowest BCUT2D eigenvalue weighted by atomic mass is 9.30. The van der Waals surface area contributed by atoms with Gasteiger partial charge >= 0.3 is 0 Å². The summed E-state index contributed by atoms with van der Waals surface area (Å²) >= 11 is 0. The first-order chi connectivity index (χ1) is 38.9. The second-order valence-electron chi connectivity index (χ2n) is 22.4. The van der Waals surface area contributed by atoms with E-state index in [2.05, 4.69) is 281 Å². The Hall–Kier alpha value is -9.43. The third-order valence-electron chi connectivity index (χ3n) is 17.9. The van der Waals surface area contributed by atoms with Gasteiger partial charge in [-0.05, 0) is 184 Å². The van der Waals surface area contributed by atoms with Gasteiger partial charge in [0, 0.05) is 16.5 Å². The SMILES string of the molecule is Cc1cccc(C)c1-c1cc2c3ccccc3c3cc(-c4c(C)cccc4C)c4c5c3c2c2c1B(c1cc(-c3ccccc3)cc(-c3ccccc3)c1)c1cccc(c1-n25)B4c1cc(-c2ccccc2)cc(-c2ccccc2)c1. The highest BCUT2D eigenvalue weighted by Crippen LogP contribution is 2.49. The van der Waals surface area contributed by atoms with Gasteiger partial charge in [-0.25, -0.2) is 0 Å². The van der Waals surface area contributed by atoms with E-state index < -0.39 is 0 Å². The lowest BCUT2D eigenvalue weighted by molar-refractivity contribution is 1.20. The van der Waals surface area contributed by atoms with E-state index in [0.717, 1.165) is 0 Å². The van der Waals surface area contributed by atoms with E-state index in [1.807, 2.05) is 0 Å². The lowest BCUT2D eigenvalue weighted by Crippen LogP contribution is -2.63. The maximum Gasteiger partial charge on any atom is 0.247 e. The normalized spacial score (nSPS) is 12.5. The first-order valence-corrected chi connectivity index (χ1v) is 28.0. The van der Waals surface area contributed by atoms with Crippen molar-refractivity contribution in [3.05, 3.63) is 271 Å². The van der Waals surface area contributed by atoms with Gasteiger partial charge in [-0.1, -0.05) is 235 Å². The third kappa shape index (κ3) is 6.79. The van der Waals surface area contributed by atoms with E-state index in [4.69, 9.17) is 0 Å². The molecule has 0 unspecified atom stereocenters. The quantitative estimate of drug-likeness (QED) is 0.106. The lowest BCUT2D eigenvalue weighted by Gasteiger charge is -2.36. The number of benzene rings is 13. The summed E-state index contributed by atoms with van der Waals surface area (Å²) in [6.07, 6.45) is 0. The Kier molecular flexibility index (Phi) is 10.2. The molecule has 79 heavy (non-hydrogen) atoms. The Balaban J connectivity index is 1.14. The minimum Gasteiger partial charge on any atom is -0.311 e. The van der Waals surface area contributed by atoms with Crippen LogP contribution in [0.2, 0.25) is 0 Å². The van der Waals surface area contributed by atoms with Crippen molar-refractivity contribution >= 4 is 89.6 Å². The third-order valence-corrected chi connectivity index (χ3v) is 17.9. The monoisotopic (exact) mass is 1000 g/mol. The van der Waals surface area contributed by atoms with Gasteiger partial charge in [0.1, 0.15) is 0 Å². The molecule has 0 radical (unpaired) electrons. The molecule has 0 aliphatic carbocycles. The van der Waals surface area contributed by atoms with E-state index in [1.54, 1.807) is 0 Å². The minimum atomic E-state index is -0.127. The molecule has 3 heterocycles. The Morgan fingerprint density at radius 1 is 0.278 bits per heavy atom. The van der Waals surface area contributed by atoms with E-state index in [9.17, 15) is 0 Å². The predicted octanol–water partition coefficient (Wildman–Crippen LogP) is 15.4. The number of aromatic nitrogens is 1. The summed E-state index contributed by atoms with van der Waals surface area (Å²) in [7, 11) is 0. The average Bonchev–Trinajstić information content (AvgIpc) is 3.37. The van der Waals surface area contributed by atoms with Crippen LogP contribution in [0, 0.1) is 27.7 Å². The zero-order valence-corrected chi connectivity index (χ0v) is 44.8. The second kappa shape index (κ2) is 17.5. The van der Waals surface area contributed by atoms with Gasteiger partial charge in [0.05, 0.1) is 11.0 Å². The molecule has 1 nitrogen and oxygen atoms in total. The molecule has 0 saturated carbocycles. The van der Waals surface area contributed by atoms with Crippen molar-refractivity contribution in [1.82, 2.24) is 4.57 Å². The van der Waals surface area contributed by atoms with Crippen molar-refractivity contribution < 1.29 is 0 Å². The highest BCUT2D eigenvalue weighted by molar-refractivity contribution is 7.03. The number of para-hydroxylation sites is 1. The summed E-state index contributed by atoms with van der Waals surface area (Å²) in [4.78, 5) is 0. The van der Waals surface area contributed by atoms with Gasteiger partial charge in [0.15, 0.2) is 0 Å². The van der Waals surface area contributed by atoms with Crippen LogP contribution in [0.4, 0.5) is 0 Å². The summed E-state index contributed by atoms with van der Waals surface area (Å²) < 4.78 is 2.80. The fraction of sp³-hybridized carbons (Fsp3) is 0.0526. The second-order valence-corrected chi connectivity index (χ2v) is 22.4. The molecule has 1 aromatic heterocycles. The maximum absolute atomic E-state index is 2.80. The van der Waals surface area contributed by atoms with Crippen molar-refractivity contribution in [2.75, 3.05) is 0 Å². The van der Waals surface area contributed by atoms with Crippen LogP contribution in [0.1, 0.15) is 22.3 Å². The molecular weight excluding hydrogens is 948 g/mol. The fourth-order valence-corrected chi connectivity index (χ4v) is 14.7. The fourth-order valence-electron chi connectivity index (χ4n) is 14.7. The Bertz CT molecular complexity index is 4350. The van der Waals surface area contributed by atoms with E-state index in [1.165, 1.54) is 171 Å². The summed E-state index contributed by atoms with van der Waals surface area (Å²) in [6, 6.07) is 94.5. The predicted molar refractivity (Wildman–Crippen MR) is 341 cm³/mol. The largest absolute Gasteiger partial charge is 0.311 e. The van der Waals surface area contributed by atoms with Crippen molar-refractivity contribution in [2.45, 2.75) is 27.7 Å². The Morgan fingerprint density at radius 3 is 0.937 bits per heavy atom. The minimum absolute atomic E-state index is 0.127. The number of nitrogens with zero attached hydrogens (tertiary/aromatic N) is 1. The number of fused-ring (bicyclic) bond motifs is 3. The molecule has 2 aliphatic heterocycles. The average molecular weight is 1000 g/mol. The van der Waals surface area contributed by atoms with Crippen LogP contribution in [0.5, 0.6) is 0 Å². The molecule has 0 N–H and O–H groups in total. The molecule has 0 fully saturated rings. The van der Waals surface area contributed by atoms with Gasteiger partial charge in [-0.2, -0.15) is 0 Å². The van der Waals surface area contributed by atoms with Gasteiger partial charge in [-0.15, -0.1) is 0 Å². The molecular formula is C76H53B2N. The first-order valence-electron chi connectivity index (χ1n) is 28.0. The van der Waals surface area contributed by atoms with Crippen molar-refractivity contribution in [2.24, 2.45) is 0 Å². The van der Waals surface area contributed by atoms with E-state index >= 15 is 0 Å². The summed E-state index contributed by atoms with van der Waals surface area (Å²) in [6.45, 7) is 9.01. The smallest absolute Gasteiger partial charge is 0.247 e. The number of rotatable bonds is 8. The zero-order valence-electron chi connectivity index (χ0n) is 44.8. The van der Waals surface area contributed by atoms with Crippen molar-refractivity contribution in [1.29, 1.82) is 0 Å². The van der Waals surface area contributed by atoms with Crippen molar-refractivity contribution in [3.8, 4) is 72.4 Å². The summed E-state index contributed by atoms with van der Waals surface area (Å²) in [5, 5.41) is 7.93. The van der Waals surface area contributed by atoms with Crippen LogP contribution < -0.4 is 32.8 Å². The van der Waals surface area contributed by atoms with E-state index in [-0.39, 0.29) is 13.4 Å². The molecule has 0 bridgehead atoms. The first kappa shape index (κ1) is 45.7. The molecule has 2 aliphatic rings. The standard InChI is InChI=1S/C76H53B2N/c1-46-22-19-23-47(2)68(46)64-44-62-60-34-17-18-35-61(60)63-45-65(69-48(3)24-20-25-49(69)4)73-76-71(63)70(62)75-72(64)77(58-40-54(50-26-9-5-10-27-50)38-55(41-58)51-28-11-6-12-29-51)66-36-21-37-67(74(66)79(75)76)78(73)59-42-56(52-30-13-7-14-31-52)39-57(43-59)53-32-15-8-16-33-53/h5-45H,1-4H3. The van der Waals surface area contributed by atoms with Crippen LogP contribution in [0.25, 0.3) is 116 Å². The van der Waals surface area contributed by atoms with Gasteiger partial charge in [0.2, 0.25) is 13.4 Å². The summed E-state index contributed by atoms with van der Waals surface area (Å²) in [5.41, 5.74) is 32.1. The molecule has 13 aromatic carbocycles. The molecule has 0 amide bonds. The van der Waals surface area contributed by atoms with Crippen molar-refractivity contribution in [3.63, 3.8) is 0 Å². The summed E-state index contributed by atoms with van der Waals surface area (Å²) in [5.74, 6) is 0. The van der Waals surface area contributed by atoms with Gasteiger partial charge in [0.25, 0.3) is 0 Å². The topological polar surface area (TPSA) is 4.93 Å². The highest BCUT2D eigenvalue weighted by Gasteiger charge is 2.45. The molecule has 14 aromatic rings. The Morgan fingerprint density at radius 2 is 0.595 bits per heavy atom. The highest BCUT2D eigenvalue weighted by atomic mass is 15.0. The van der Waals surface area contributed by atoms with Gasteiger partial charge < -0.3 is 4.57 Å². The van der Waals surface area contributed by atoms with Gasteiger partial charge in [-0.3, -0.25) is 0 Å². The van der Waals surface area contributed by atoms with Crippen LogP contribution in [0.15, 0.2) is 249 Å². The molecule has 0 saturated heterocycles. The van der Waals surface area contributed by atoms with Crippen LogP contribution >= 0.6 is 0 Å².